The van der Waals surface area contributed by atoms with Crippen LogP contribution >= 0.6 is 23.2 Å². The second-order valence-electron chi connectivity index (χ2n) is 2.50. The molecular formula is C7H7BCl2O2. The molecule has 0 atom stereocenters. The van der Waals surface area contributed by atoms with Crippen LogP contribution in [-0.4, -0.2) is 17.2 Å². The highest BCUT2D eigenvalue weighted by molar-refractivity contribution is 6.60. The maximum Gasteiger partial charge on any atom is 0.488 e. The number of hydrogen-bond acceptors (Lipinski definition) is 2. The first-order valence-electron chi connectivity index (χ1n) is 3.34. The second-order valence-corrected chi connectivity index (χ2v) is 3.31. The van der Waals surface area contributed by atoms with E-state index in [2.05, 4.69) is 0 Å². The molecule has 0 saturated carbocycles. The maximum absolute atomic E-state index is 8.87. The zero-order chi connectivity index (χ0) is 9.30. The number of aryl methyl sites for hydroxylation is 1. The molecule has 2 nitrogen and oxygen atoms in total. The van der Waals surface area contributed by atoms with Gasteiger partial charge in [0.15, 0.2) is 0 Å². The Bertz CT molecular complexity index is 302. The molecule has 1 rings (SSSR count). The minimum absolute atomic E-state index is 0.324. The van der Waals surface area contributed by atoms with Crippen LogP contribution in [0.5, 0.6) is 0 Å². The molecule has 0 radical (unpaired) electrons. The Hall–Kier alpha value is -0.215. The largest absolute Gasteiger partial charge is 0.488 e. The van der Waals surface area contributed by atoms with E-state index in [1.54, 1.807) is 13.0 Å². The predicted octanol–water partition coefficient (Wildman–Crippen LogP) is 0.982. The zero-order valence-electron chi connectivity index (χ0n) is 6.38. The van der Waals surface area contributed by atoms with Crippen molar-refractivity contribution < 1.29 is 10.0 Å². The Kier molecular flexibility index (Phi) is 3.01. The van der Waals surface area contributed by atoms with Crippen LogP contribution in [0.4, 0.5) is 0 Å². The minimum Gasteiger partial charge on any atom is -0.423 e. The summed E-state index contributed by atoms with van der Waals surface area (Å²) in [6.45, 7) is 1.73. The lowest BCUT2D eigenvalue weighted by Gasteiger charge is -2.05. The van der Waals surface area contributed by atoms with Gasteiger partial charge < -0.3 is 10.0 Å². The van der Waals surface area contributed by atoms with Crippen LogP contribution in [0.25, 0.3) is 0 Å². The van der Waals surface area contributed by atoms with Crippen LogP contribution in [0.2, 0.25) is 10.0 Å². The molecule has 0 spiro atoms. The average molecular weight is 205 g/mol. The third-order valence-electron chi connectivity index (χ3n) is 1.59. The lowest BCUT2D eigenvalue weighted by Crippen LogP contribution is -2.32. The monoisotopic (exact) mass is 204 g/mol. The molecule has 1 aromatic carbocycles. The Balaban J connectivity index is 3.23. The van der Waals surface area contributed by atoms with Gasteiger partial charge in [0.25, 0.3) is 0 Å². The molecule has 2 N–H and O–H groups in total. The molecule has 0 unspecified atom stereocenters. The van der Waals surface area contributed by atoms with Crippen molar-refractivity contribution in [1.82, 2.24) is 0 Å². The van der Waals surface area contributed by atoms with E-state index in [0.29, 0.717) is 21.1 Å². The summed E-state index contributed by atoms with van der Waals surface area (Å²) in [5.41, 5.74) is 1.09. The number of benzene rings is 1. The van der Waals surface area contributed by atoms with Gasteiger partial charge in [0.05, 0.1) is 10.0 Å². The lowest BCUT2D eigenvalue weighted by atomic mass is 9.77. The first kappa shape index (κ1) is 9.87. The average Bonchev–Trinajstić information content (AvgIpc) is 1.96. The zero-order valence-corrected chi connectivity index (χ0v) is 7.89. The van der Waals surface area contributed by atoms with Crippen molar-refractivity contribution in [2.75, 3.05) is 0 Å². The fraction of sp³-hybridized carbons (Fsp3) is 0.143. The Labute approximate surface area is 80.9 Å². The summed E-state index contributed by atoms with van der Waals surface area (Å²) in [4.78, 5) is 0. The molecular weight excluding hydrogens is 198 g/mol. The predicted molar refractivity (Wildman–Crippen MR) is 51.0 cm³/mol. The van der Waals surface area contributed by atoms with E-state index < -0.39 is 7.12 Å². The Morgan fingerprint density at radius 2 is 1.67 bits per heavy atom. The molecule has 5 heteroatoms. The van der Waals surface area contributed by atoms with E-state index in [-0.39, 0.29) is 0 Å². The lowest BCUT2D eigenvalue weighted by molar-refractivity contribution is 0.425. The van der Waals surface area contributed by atoms with Gasteiger partial charge in [-0.2, -0.15) is 0 Å². The van der Waals surface area contributed by atoms with Crippen LogP contribution in [-0.2, 0) is 0 Å². The number of halogens is 2. The molecule has 0 amide bonds. The Morgan fingerprint density at radius 1 is 1.17 bits per heavy atom. The van der Waals surface area contributed by atoms with Crippen molar-refractivity contribution in [1.29, 1.82) is 0 Å². The quantitative estimate of drug-likeness (QED) is 0.670. The van der Waals surface area contributed by atoms with Crippen molar-refractivity contribution >= 4 is 35.8 Å². The van der Waals surface area contributed by atoms with Gasteiger partial charge in [0, 0.05) is 0 Å². The third-order valence-corrected chi connectivity index (χ3v) is 2.31. The van der Waals surface area contributed by atoms with Crippen LogP contribution in [0, 0.1) is 6.92 Å². The third kappa shape index (κ3) is 1.93. The van der Waals surface area contributed by atoms with Gasteiger partial charge in [0.1, 0.15) is 0 Å². The van der Waals surface area contributed by atoms with Crippen molar-refractivity contribution in [2.24, 2.45) is 0 Å². The van der Waals surface area contributed by atoms with E-state index in [0.717, 1.165) is 0 Å². The normalized spacial score (nSPS) is 10.1. The number of hydrogen-bond donors (Lipinski definition) is 2. The van der Waals surface area contributed by atoms with Crippen molar-refractivity contribution in [3.63, 3.8) is 0 Å². The topological polar surface area (TPSA) is 40.5 Å². The fourth-order valence-electron chi connectivity index (χ4n) is 0.940. The smallest absolute Gasteiger partial charge is 0.423 e. The maximum atomic E-state index is 8.87. The molecule has 0 bridgehead atoms. The second kappa shape index (κ2) is 3.67. The van der Waals surface area contributed by atoms with Gasteiger partial charge in [-0.25, -0.2) is 0 Å². The summed E-state index contributed by atoms with van der Waals surface area (Å²) in [5.74, 6) is 0. The summed E-state index contributed by atoms with van der Waals surface area (Å²) < 4.78 is 0. The first-order valence-corrected chi connectivity index (χ1v) is 4.09. The van der Waals surface area contributed by atoms with Gasteiger partial charge in [0.2, 0.25) is 0 Å². The highest BCUT2D eigenvalue weighted by Crippen LogP contribution is 2.21. The van der Waals surface area contributed by atoms with Gasteiger partial charge in [-0.15, -0.1) is 0 Å². The van der Waals surface area contributed by atoms with Gasteiger partial charge in [-0.3, -0.25) is 0 Å². The van der Waals surface area contributed by atoms with E-state index in [1.807, 2.05) is 0 Å². The van der Waals surface area contributed by atoms with Gasteiger partial charge in [-0.05, 0) is 30.1 Å². The van der Waals surface area contributed by atoms with Crippen molar-refractivity contribution in [3.8, 4) is 0 Å². The highest BCUT2D eigenvalue weighted by Gasteiger charge is 2.15. The molecule has 0 aromatic heterocycles. The molecule has 0 aliphatic rings. The van der Waals surface area contributed by atoms with Crippen LogP contribution in [0.3, 0.4) is 0 Å². The molecule has 0 aliphatic heterocycles. The van der Waals surface area contributed by atoms with E-state index in [9.17, 15) is 0 Å². The van der Waals surface area contributed by atoms with E-state index in [4.69, 9.17) is 33.2 Å². The van der Waals surface area contributed by atoms with E-state index in [1.165, 1.54) is 6.07 Å². The summed E-state index contributed by atoms with van der Waals surface area (Å²) >= 11 is 11.4. The molecule has 12 heavy (non-hydrogen) atoms. The van der Waals surface area contributed by atoms with Gasteiger partial charge >= 0.3 is 7.12 Å². The Morgan fingerprint density at radius 3 is 2.17 bits per heavy atom. The van der Waals surface area contributed by atoms with Crippen molar-refractivity contribution in [2.45, 2.75) is 6.92 Å². The SMILES string of the molecule is Cc1cc(Cl)c(Cl)cc1B(O)O. The van der Waals surface area contributed by atoms with E-state index >= 15 is 0 Å². The summed E-state index contributed by atoms with van der Waals surface area (Å²) in [6.07, 6.45) is 0. The molecule has 0 saturated heterocycles. The standard InChI is InChI=1S/C7H7BCl2O2/c1-4-2-6(9)7(10)3-5(4)8(11)12/h2-3,11-12H,1H3. The van der Waals surface area contributed by atoms with Crippen LogP contribution < -0.4 is 5.46 Å². The molecule has 1 aromatic rings. The fourth-order valence-corrected chi connectivity index (χ4v) is 1.33. The first-order chi connectivity index (χ1) is 5.52. The number of rotatable bonds is 1. The minimum atomic E-state index is -1.50. The van der Waals surface area contributed by atoms with Crippen LogP contribution in [0.1, 0.15) is 5.56 Å². The van der Waals surface area contributed by atoms with Crippen molar-refractivity contribution in [3.05, 3.63) is 27.7 Å². The molecule has 0 aliphatic carbocycles. The summed E-state index contributed by atoms with van der Waals surface area (Å²) in [5, 5.41) is 18.5. The summed E-state index contributed by atoms with van der Waals surface area (Å²) in [7, 11) is -1.50. The summed E-state index contributed by atoms with van der Waals surface area (Å²) in [6, 6.07) is 3.04. The van der Waals surface area contributed by atoms with Crippen LogP contribution in [0.15, 0.2) is 12.1 Å². The molecule has 0 heterocycles. The highest BCUT2D eigenvalue weighted by atomic mass is 35.5. The molecule has 0 fully saturated rings. The molecule has 64 valence electrons. The van der Waals surface area contributed by atoms with Gasteiger partial charge in [-0.1, -0.05) is 23.2 Å².